The van der Waals surface area contributed by atoms with Crippen molar-refractivity contribution in [1.29, 1.82) is 0 Å². The fourth-order valence-corrected chi connectivity index (χ4v) is 3.81. The highest BCUT2D eigenvalue weighted by Gasteiger charge is 2.38. The van der Waals surface area contributed by atoms with Crippen LogP contribution in [0.15, 0.2) is 60.7 Å². The predicted molar refractivity (Wildman–Crippen MR) is 117 cm³/mol. The Hall–Kier alpha value is -3.56. The number of hydrogen-bond donors (Lipinski definition) is 1. The zero-order valence-electron chi connectivity index (χ0n) is 18.5. The maximum Gasteiger partial charge on any atom is 0.416 e. The van der Waals surface area contributed by atoms with E-state index in [2.05, 4.69) is 0 Å². The number of carboxylic acid groups (broad SMARTS) is 1. The second-order valence-electron chi connectivity index (χ2n) is 8.18. The quantitative estimate of drug-likeness (QED) is 0.383. The molecule has 3 aromatic carbocycles. The number of benzene rings is 3. The van der Waals surface area contributed by atoms with Crippen LogP contribution in [0.3, 0.4) is 0 Å². The molecule has 0 saturated heterocycles. The monoisotopic (exact) mass is 497 g/mol. The third kappa shape index (κ3) is 6.52. The van der Waals surface area contributed by atoms with Gasteiger partial charge in [0, 0.05) is 25.1 Å². The Morgan fingerprint density at radius 1 is 0.857 bits per heavy atom. The summed E-state index contributed by atoms with van der Waals surface area (Å²) in [6.45, 7) is 0. The zero-order chi connectivity index (χ0) is 26.0. The molecule has 0 bridgehead atoms. The lowest BCUT2D eigenvalue weighted by molar-refractivity contribution is -0.143. The van der Waals surface area contributed by atoms with Crippen molar-refractivity contribution in [3.8, 4) is 0 Å². The van der Waals surface area contributed by atoms with Crippen LogP contribution in [0.5, 0.6) is 0 Å². The van der Waals surface area contributed by atoms with E-state index in [4.69, 9.17) is 5.11 Å². The molecule has 10 heteroatoms. The Bertz CT molecular complexity index is 1200. The van der Waals surface area contributed by atoms with Crippen LogP contribution in [0, 0.1) is 0 Å². The number of carboxylic acids is 1. The van der Waals surface area contributed by atoms with Crippen LogP contribution in [0.25, 0.3) is 10.8 Å². The molecule has 0 saturated carbocycles. The van der Waals surface area contributed by atoms with E-state index in [1.165, 1.54) is 7.05 Å². The van der Waals surface area contributed by atoms with Gasteiger partial charge >= 0.3 is 18.3 Å². The minimum Gasteiger partial charge on any atom is -0.481 e. The molecule has 0 aliphatic heterocycles. The van der Waals surface area contributed by atoms with Gasteiger partial charge in [-0.1, -0.05) is 42.5 Å². The van der Waals surface area contributed by atoms with Crippen molar-refractivity contribution in [3.05, 3.63) is 82.9 Å². The third-order valence-electron chi connectivity index (χ3n) is 5.68. The van der Waals surface area contributed by atoms with Gasteiger partial charge in [0.1, 0.15) is 0 Å². The molecule has 3 rings (SSSR count). The number of alkyl halides is 6. The normalized spacial score (nSPS) is 13.0. The molecule has 0 radical (unpaired) electrons. The van der Waals surface area contributed by atoms with Gasteiger partial charge in [0.2, 0.25) is 0 Å². The highest BCUT2D eigenvalue weighted by molar-refractivity contribution is 5.95. The Morgan fingerprint density at radius 3 is 1.97 bits per heavy atom. The van der Waals surface area contributed by atoms with Crippen LogP contribution >= 0.6 is 0 Å². The average molecular weight is 497 g/mol. The number of amides is 1. The number of fused-ring (bicyclic) bond motifs is 1. The molecule has 35 heavy (non-hydrogen) atoms. The molecule has 4 nitrogen and oxygen atoms in total. The summed E-state index contributed by atoms with van der Waals surface area (Å²) in [5, 5.41) is 10.9. The maximum atomic E-state index is 13.2. The molecule has 3 aromatic rings. The molecule has 1 atom stereocenters. The van der Waals surface area contributed by atoms with Gasteiger partial charge in [0.15, 0.2) is 0 Å². The Morgan fingerprint density at radius 2 is 1.43 bits per heavy atom. The fourth-order valence-electron chi connectivity index (χ4n) is 3.81. The van der Waals surface area contributed by atoms with Gasteiger partial charge in [0.05, 0.1) is 11.1 Å². The number of hydrogen-bond acceptors (Lipinski definition) is 2. The number of halogens is 6. The first kappa shape index (κ1) is 26.1. The SMILES string of the molecule is CN(C(=O)c1cc(C(F)(F)F)cc(C(F)(F)F)c1)C(CCC(=O)O)Cc1ccc2ccccc2c1. The lowest BCUT2D eigenvalue weighted by Gasteiger charge is -2.29. The summed E-state index contributed by atoms with van der Waals surface area (Å²) < 4.78 is 79.4. The smallest absolute Gasteiger partial charge is 0.416 e. The molecule has 1 amide bonds. The van der Waals surface area contributed by atoms with Crippen LogP contribution in [-0.2, 0) is 23.6 Å². The summed E-state index contributed by atoms with van der Waals surface area (Å²) in [4.78, 5) is 25.2. The first-order chi connectivity index (χ1) is 16.3. The van der Waals surface area contributed by atoms with E-state index in [1.807, 2.05) is 36.4 Å². The Labute approximate surface area is 196 Å². The van der Waals surface area contributed by atoms with Crippen molar-refractivity contribution >= 4 is 22.6 Å². The predicted octanol–water partition coefficient (Wildman–Crippen LogP) is 6.43. The zero-order valence-corrected chi connectivity index (χ0v) is 18.5. The second kappa shape index (κ2) is 9.97. The summed E-state index contributed by atoms with van der Waals surface area (Å²) in [7, 11) is 1.24. The van der Waals surface area contributed by atoms with Gasteiger partial charge in [-0.3, -0.25) is 9.59 Å². The molecule has 0 aliphatic rings. The van der Waals surface area contributed by atoms with Gasteiger partial charge in [-0.2, -0.15) is 26.3 Å². The van der Waals surface area contributed by atoms with E-state index < -0.39 is 47.0 Å². The number of aliphatic carboxylic acids is 1. The van der Waals surface area contributed by atoms with Crippen LogP contribution in [0.2, 0.25) is 0 Å². The van der Waals surface area contributed by atoms with Crippen LogP contribution in [0.4, 0.5) is 26.3 Å². The Balaban J connectivity index is 1.96. The molecule has 0 spiro atoms. The first-order valence-electron chi connectivity index (χ1n) is 10.5. The van der Waals surface area contributed by atoms with E-state index in [1.54, 1.807) is 6.07 Å². The van der Waals surface area contributed by atoms with Crippen molar-refractivity contribution in [2.75, 3.05) is 7.05 Å². The van der Waals surface area contributed by atoms with E-state index in [0.29, 0.717) is 12.1 Å². The van der Waals surface area contributed by atoms with Crippen molar-refractivity contribution in [3.63, 3.8) is 0 Å². The van der Waals surface area contributed by atoms with Gasteiger partial charge in [-0.25, -0.2) is 0 Å². The lowest BCUT2D eigenvalue weighted by Crippen LogP contribution is -2.39. The van der Waals surface area contributed by atoms with Gasteiger partial charge in [-0.05, 0) is 47.4 Å². The van der Waals surface area contributed by atoms with Crippen LogP contribution in [0.1, 0.15) is 39.9 Å². The summed E-state index contributed by atoms with van der Waals surface area (Å²) in [5.74, 6) is -2.22. The van der Waals surface area contributed by atoms with Crippen molar-refractivity contribution in [2.24, 2.45) is 0 Å². The molecule has 0 aromatic heterocycles. The highest BCUT2D eigenvalue weighted by Crippen LogP contribution is 2.36. The van der Waals surface area contributed by atoms with E-state index in [0.717, 1.165) is 21.2 Å². The second-order valence-corrected chi connectivity index (χ2v) is 8.18. The number of rotatable bonds is 7. The number of carbonyl (C=O) groups is 2. The van der Waals surface area contributed by atoms with Gasteiger partial charge in [0.25, 0.3) is 5.91 Å². The topological polar surface area (TPSA) is 57.6 Å². The third-order valence-corrected chi connectivity index (χ3v) is 5.68. The first-order valence-corrected chi connectivity index (χ1v) is 10.5. The van der Waals surface area contributed by atoms with Crippen molar-refractivity contribution in [1.82, 2.24) is 4.90 Å². The number of carbonyl (C=O) groups excluding carboxylic acids is 1. The highest BCUT2D eigenvalue weighted by atomic mass is 19.4. The Kier molecular flexibility index (Phi) is 7.42. The number of nitrogens with zero attached hydrogens (tertiary/aromatic N) is 1. The van der Waals surface area contributed by atoms with Crippen molar-refractivity contribution in [2.45, 2.75) is 37.7 Å². The molecule has 0 heterocycles. The van der Waals surface area contributed by atoms with Gasteiger partial charge < -0.3 is 10.0 Å². The van der Waals surface area contributed by atoms with Crippen LogP contribution in [-0.4, -0.2) is 35.0 Å². The van der Waals surface area contributed by atoms with E-state index in [-0.39, 0.29) is 25.3 Å². The summed E-state index contributed by atoms with van der Waals surface area (Å²) in [6.07, 6.45) is -10.4. The molecule has 1 unspecified atom stereocenters. The minimum atomic E-state index is -5.09. The minimum absolute atomic E-state index is 0.0461. The molecule has 1 N–H and O–H groups in total. The van der Waals surface area contributed by atoms with Crippen LogP contribution < -0.4 is 0 Å². The average Bonchev–Trinajstić information content (AvgIpc) is 2.79. The van der Waals surface area contributed by atoms with Gasteiger partial charge in [-0.15, -0.1) is 0 Å². The van der Waals surface area contributed by atoms with Crippen molar-refractivity contribution < 1.29 is 41.0 Å². The number of likely N-dealkylation sites (N-methyl/N-ethyl adjacent to an activating group) is 1. The largest absolute Gasteiger partial charge is 0.481 e. The summed E-state index contributed by atoms with van der Waals surface area (Å²) in [5.41, 5.74) is -3.24. The van der Waals surface area contributed by atoms with E-state index >= 15 is 0 Å². The molecule has 0 aliphatic carbocycles. The molecular weight excluding hydrogens is 476 g/mol. The molecule has 186 valence electrons. The molecule has 0 fully saturated rings. The fraction of sp³-hybridized carbons (Fsp3) is 0.280. The standard InChI is InChI=1S/C25H21F6NO3/c1-32(23(35)18-12-19(24(26,27)28)14-20(13-18)25(29,30)31)21(8-9-22(33)34)11-15-6-7-16-4-2-3-5-17(16)10-15/h2-7,10,12-14,21H,8-9,11H2,1H3,(H,33,34). The van der Waals surface area contributed by atoms with E-state index in [9.17, 15) is 35.9 Å². The maximum absolute atomic E-state index is 13.2. The summed E-state index contributed by atoms with van der Waals surface area (Å²) in [6, 6.07) is 12.8. The summed E-state index contributed by atoms with van der Waals surface area (Å²) >= 11 is 0. The lowest BCUT2D eigenvalue weighted by atomic mass is 9.97. The molecular formula is C25H21F6NO3.